The number of hydrogen-bond donors (Lipinski definition) is 2. The standard InChI is InChI=1S/2C36H37F2N4O8PS/c2*1-6-49-51(46,39-33(35(45)47-5)36(2,3)4)50-31-25(43)13-15-41-30(31)34(44)40-16-17-48-19-26(40)42(41)29-20-9-7-8-10-21(20)32-23(14-18-52-32)27-22(29)11-12-24(37)28(27)38/h2*7-15,18,26,29,33H,6,16-17,19H2,1-5H3,(H,39,46)/t26?,29?,33-,51?;26-,29-,33+,51?/m01/s1. The third-order valence-corrected chi connectivity index (χ3v) is 23.8. The predicted molar refractivity (Wildman–Crippen MR) is 380 cm³/mol. The number of methoxy groups -OCH3 is 2. The van der Waals surface area contributed by atoms with E-state index in [1.165, 1.54) is 80.6 Å². The van der Waals surface area contributed by atoms with Crippen LogP contribution in [0.25, 0.3) is 43.1 Å². The highest BCUT2D eigenvalue weighted by atomic mass is 32.1. The molecule has 0 radical (unpaired) electrons. The number of rotatable bonds is 16. The highest BCUT2D eigenvalue weighted by Crippen LogP contribution is 2.55. The lowest BCUT2D eigenvalue weighted by atomic mass is 9.87. The van der Waals surface area contributed by atoms with Gasteiger partial charge in [-0.1, -0.05) is 102 Å². The summed E-state index contributed by atoms with van der Waals surface area (Å²) < 4.78 is 139. The number of carbonyl (C=O) groups is 4. The molecule has 8 aromatic rings. The highest BCUT2D eigenvalue weighted by molar-refractivity contribution is 7.52. The monoisotopic (exact) mass is 1510 g/mol. The normalized spacial score (nSPS) is 19.6. The van der Waals surface area contributed by atoms with E-state index < -0.39 is 132 Å². The summed E-state index contributed by atoms with van der Waals surface area (Å²) in [6, 6.07) is 21.8. The maximum atomic E-state index is 16.1. The highest BCUT2D eigenvalue weighted by Gasteiger charge is 2.52. The van der Waals surface area contributed by atoms with Crippen molar-refractivity contribution < 1.29 is 82.9 Å². The summed E-state index contributed by atoms with van der Waals surface area (Å²) in [5.74, 6) is -7.98. The van der Waals surface area contributed by atoms with Gasteiger partial charge in [-0.2, -0.15) is 10.2 Å². The zero-order valence-electron chi connectivity index (χ0n) is 58.1. The van der Waals surface area contributed by atoms with Crippen molar-refractivity contribution >= 4 is 61.9 Å². The lowest BCUT2D eigenvalue weighted by molar-refractivity contribution is -0.146. The number of aromatic nitrogens is 2. The number of carbonyl (C=O) groups excluding carboxylic acids is 4. The molecule has 104 heavy (non-hydrogen) atoms. The Morgan fingerprint density at radius 1 is 0.548 bits per heavy atom. The number of ether oxygens (including phenoxy) is 4. The quantitative estimate of drug-likeness (QED) is 0.0517. The lowest BCUT2D eigenvalue weighted by Gasteiger charge is -2.51. The van der Waals surface area contributed by atoms with Crippen molar-refractivity contribution in [2.45, 2.75) is 91.9 Å². The van der Waals surface area contributed by atoms with Crippen LogP contribution < -0.4 is 40.1 Å². The van der Waals surface area contributed by atoms with Crippen LogP contribution >= 0.6 is 38.2 Å². The molecule has 0 spiro atoms. The minimum absolute atomic E-state index is 0.0400. The molecule has 0 bridgehead atoms. The topological polar surface area (TPSA) is 257 Å². The maximum absolute atomic E-state index is 16.1. The average molecular weight is 1510 g/mol. The molecule has 2 saturated heterocycles. The number of fused-ring (bicyclic) bond motifs is 14. The molecular weight excluding hydrogens is 1430 g/mol. The van der Waals surface area contributed by atoms with E-state index in [2.05, 4.69) is 10.2 Å². The number of morpholine rings is 2. The van der Waals surface area contributed by atoms with Gasteiger partial charge in [-0.05, 0) is 93.1 Å². The molecule has 4 unspecified atom stereocenters. The number of thiophene rings is 2. The second-order valence-electron chi connectivity index (χ2n) is 27.1. The molecule has 4 aromatic carbocycles. The molecule has 8 atom stereocenters. The van der Waals surface area contributed by atoms with Gasteiger partial charge >= 0.3 is 27.4 Å². The second kappa shape index (κ2) is 28.6. The van der Waals surface area contributed by atoms with Crippen molar-refractivity contribution in [1.82, 2.24) is 29.3 Å². The number of nitrogens with one attached hydrogen (secondary N) is 2. The zero-order chi connectivity index (χ0) is 74.2. The smallest absolute Gasteiger partial charge is 0.459 e. The third-order valence-electron chi connectivity index (χ3n) is 18.8. The predicted octanol–water partition coefficient (Wildman–Crippen LogP) is 12.2. The van der Waals surface area contributed by atoms with E-state index in [9.17, 15) is 37.9 Å². The number of hydrogen-bond acceptors (Lipinski definition) is 20. The summed E-state index contributed by atoms with van der Waals surface area (Å²) in [6.45, 7) is 13.8. The number of esters is 2. The minimum atomic E-state index is -4.57. The van der Waals surface area contributed by atoms with Gasteiger partial charge in [-0.25, -0.2) is 26.7 Å². The first kappa shape index (κ1) is 73.5. The fourth-order valence-electron chi connectivity index (χ4n) is 14.1. The Morgan fingerprint density at radius 2 is 0.933 bits per heavy atom. The van der Waals surface area contributed by atoms with E-state index in [1.54, 1.807) is 77.5 Å². The summed E-state index contributed by atoms with van der Waals surface area (Å²) in [5.41, 5.74) is 1.14. The molecule has 2 aliphatic carbocycles. The second-order valence-corrected chi connectivity index (χ2v) is 32.4. The summed E-state index contributed by atoms with van der Waals surface area (Å²) in [7, 11) is -6.78. The first-order chi connectivity index (χ1) is 49.6. The fraction of sp³-hybridized carbons (Fsp3) is 0.361. The Labute approximate surface area is 603 Å². The fourth-order valence-corrected chi connectivity index (χ4v) is 19.5. The van der Waals surface area contributed by atoms with Gasteiger partial charge < -0.3 is 37.8 Å². The number of pyridine rings is 2. The van der Waals surface area contributed by atoms with Gasteiger partial charge in [0.2, 0.25) is 22.4 Å². The van der Waals surface area contributed by atoms with Crippen molar-refractivity contribution in [3.8, 4) is 54.6 Å². The van der Waals surface area contributed by atoms with Gasteiger partial charge in [0, 0.05) is 69.6 Å². The van der Waals surface area contributed by atoms with Crippen LogP contribution in [0.2, 0.25) is 0 Å². The molecule has 8 heterocycles. The van der Waals surface area contributed by atoms with Crippen LogP contribution in [0.15, 0.2) is 130 Å². The number of amides is 2. The van der Waals surface area contributed by atoms with Crippen LogP contribution in [0.1, 0.15) is 111 Å². The summed E-state index contributed by atoms with van der Waals surface area (Å²) >= 11 is 2.79. The molecule has 2 N–H and O–H groups in total. The average Bonchev–Trinajstić information content (AvgIpc) is 1.30. The van der Waals surface area contributed by atoms with E-state index in [0.29, 0.717) is 22.3 Å². The van der Waals surface area contributed by atoms with Crippen LogP contribution in [0.4, 0.5) is 17.6 Å². The van der Waals surface area contributed by atoms with Crippen molar-refractivity contribution in [2.75, 3.05) is 77.0 Å². The van der Waals surface area contributed by atoms with Gasteiger partial charge in [0.15, 0.2) is 34.7 Å². The molecule has 2 fully saturated rings. The summed E-state index contributed by atoms with van der Waals surface area (Å²) in [5, 5.41) is 12.5. The Kier molecular flexibility index (Phi) is 20.2. The molecule has 6 aliphatic rings. The Morgan fingerprint density at radius 3 is 1.30 bits per heavy atom. The number of halogens is 4. The van der Waals surface area contributed by atoms with Crippen molar-refractivity contribution in [1.29, 1.82) is 0 Å². The third kappa shape index (κ3) is 13.0. The molecule has 4 aromatic heterocycles. The van der Waals surface area contributed by atoms with Gasteiger partial charge in [0.05, 0.1) is 65.9 Å². The van der Waals surface area contributed by atoms with Crippen LogP contribution in [-0.4, -0.2) is 134 Å². The molecule has 4 aliphatic heterocycles. The summed E-state index contributed by atoms with van der Waals surface area (Å²) in [6.07, 6.45) is 1.20. The van der Waals surface area contributed by atoms with Gasteiger partial charge in [-0.3, -0.25) is 57.2 Å². The van der Waals surface area contributed by atoms with E-state index in [4.69, 9.17) is 37.0 Å². The van der Waals surface area contributed by atoms with Crippen LogP contribution in [0, 0.1) is 34.1 Å². The molecule has 24 nitrogen and oxygen atoms in total. The SMILES string of the molecule is CCOP(=O)(N[C@@H](C(=O)OC)C(C)(C)C)Oc1c2n(ccc1=O)N(C1c3ccccc3-c3sccc3-c3c1ccc(F)c3F)C1COCCN1C2=O.CCOP(=O)(N[C@@H](C(=O)OC)C(C)(C)C)Oc1c2n(ccc1=O)N([C@@H]1c3ccccc3-c3sccc3-c3c1ccc(F)c3F)[C@@H]1COCCN1C2=O. The van der Waals surface area contributed by atoms with Gasteiger partial charge in [0.1, 0.15) is 24.4 Å². The number of benzene rings is 4. The molecule has 548 valence electrons. The molecule has 0 saturated carbocycles. The lowest BCUT2D eigenvalue weighted by Crippen LogP contribution is -2.66. The first-order valence-corrected chi connectivity index (χ1v) is 38.2. The minimum Gasteiger partial charge on any atom is -0.468 e. The molecular formula is C72H74F4N8O16P2S2. The van der Waals surface area contributed by atoms with Gasteiger partial charge in [-0.15, -0.1) is 22.7 Å². The Bertz CT molecular complexity index is 4680. The van der Waals surface area contributed by atoms with Crippen LogP contribution in [0.5, 0.6) is 11.5 Å². The maximum Gasteiger partial charge on any atom is 0.459 e. The summed E-state index contributed by atoms with van der Waals surface area (Å²) in [4.78, 5) is 86.7. The van der Waals surface area contributed by atoms with E-state index in [1.807, 2.05) is 59.3 Å². The Hall–Kier alpha value is -8.80. The van der Waals surface area contributed by atoms with Crippen LogP contribution in [-0.2, 0) is 46.7 Å². The van der Waals surface area contributed by atoms with Crippen molar-refractivity contribution in [2.24, 2.45) is 10.8 Å². The van der Waals surface area contributed by atoms with Crippen LogP contribution in [0.3, 0.4) is 0 Å². The van der Waals surface area contributed by atoms with E-state index in [0.717, 1.165) is 56.3 Å². The first-order valence-electron chi connectivity index (χ1n) is 33.3. The molecule has 32 heteroatoms. The number of nitrogens with zero attached hydrogens (tertiary/aromatic N) is 6. The van der Waals surface area contributed by atoms with E-state index in [-0.39, 0.29) is 75.2 Å². The molecule has 14 rings (SSSR count). The van der Waals surface area contributed by atoms with Crippen molar-refractivity contribution in [3.63, 3.8) is 0 Å². The van der Waals surface area contributed by atoms with Gasteiger partial charge in [0.25, 0.3) is 11.8 Å². The zero-order valence-corrected chi connectivity index (χ0v) is 61.5. The largest absolute Gasteiger partial charge is 0.468 e. The van der Waals surface area contributed by atoms with Crippen molar-refractivity contribution in [3.05, 3.63) is 198 Å². The van der Waals surface area contributed by atoms with E-state index >= 15 is 17.6 Å². The Balaban J connectivity index is 0.000000185. The molecule has 2 amide bonds.